The number of hydrogen-bond acceptors (Lipinski definition) is 2. The predicted molar refractivity (Wildman–Crippen MR) is 84.6 cm³/mol. The molecule has 1 N–H and O–H groups in total. The molecule has 0 aliphatic rings. The van der Waals surface area contributed by atoms with Gasteiger partial charge in [-0.3, -0.25) is 4.79 Å². The molecule has 0 aliphatic carbocycles. The van der Waals surface area contributed by atoms with Gasteiger partial charge in [-0.05, 0) is 49.2 Å². The highest BCUT2D eigenvalue weighted by atomic mass is 79.9. The Balaban J connectivity index is 2.32. The van der Waals surface area contributed by atoms with Crippen LogP contribution < -0.4 is 10.1 Å². The summed E-state index contributed by atoms with van der Waals surface area (Å²) in [5.74, 6) is 0.504. The molecule has 0 fully saturated rings. The zero-order chi connectivity index (χ0) is 14.7. The van der Waals surface area contributed by atoms with E-state index in [4.69, 9.17) is 4.74 Å². The molecule has 0 spiro atoms. The maximum atomic E-state index is 12.4. The number of halogens is 1. The van der Waals surface area contributed by atoms with Crippen molar-refractivity contribution >= 4 is 27.5 Å². The molecule has 4 heteroatoms. The zero-order valence-electron chi connectivity index (χ0n) is 11.7. The Hall–Kier alpha value is -1.81. The van der Waals surface area contributed by atoms with Gasteiger partial charge in [0, 0.05) is 10.0 Å². The summed E-state index contributed by atoms with van der Waals surface area (Å²) in [6.45, 7) is 3.88. The van der Waals surface area contributed by atoms with E-state index in [1.165, 1.54) is 0 Å². The molecular formula is C16H16BrNO2. The summed E-state index contributed by atoms with van der Waals surface area (Å²) in [4.78, 5) is 12.4. The van der Waals surface area contributed by atoms with Gasteiger partial charge in [0.25, 0.3) is 5.91 Å². The van der Waals surface area contributed by atoms with E-state index in [1.807, 2.05) is 50.2 Å². The maximum Gasteiger partial charge on any atom is 0.256 e. The summed E-state index contributed by atoms with van der Waals surface area (Å²) in [5.41, 5.74) is 3.31. The molecule has 3 nitrogen and oxygen atoms in total. The van der Waals surface area contributed by atoms with Crippen LogP contribution in [0.5, 0.6) is 5.75 Å². The van der Waals surface area contributed by atoms with Gasteiger partial charge in [-0.25, -0.2) is 0 Å². The first-order valence-electron chi connectivity index (χ1n) is 6.23. The summed E-state index contributed by atoms with van der Waals surface area (Å²) in [7, 11) is 1.59. The average molecular weight is 334 g/mol. The van der Waals surface area contributed by atoms with Gasteiger partial charge in [0.15, 0.2) is 0 Å². The lowest BCUT2D eigenvalue weighted by Crippen LogP contribution is -2.14. The van der Waals surface area contributed by atoms with Gasteiger partial charge >= 0.3 is 0 Å². The highest BCUT2D eigenvalue weighted by Gasteiger charge is 2.12. The van der Waals surface area contributed by atoms with E-state index in [0.29, 0.717) is 17.0 Å². The van der Waals surface area contributed by atoms with Crippen LogP contribution in [-0.4, -0.2) is 13.0 Å². The Kier molecular flexibility index (Phi) is 4.45. The number of rotatable bonds is 3. The van der Waals surface area contributed by atoms with Crippen LogP contribution in [0.25, 0.3) is 0 Å². The van der Waals surface area contributed by atoms with Crippen LogP contribution in [0, 0.1) is 13.8 Å². The van der Waals surface area contributed by atoms with Gasteiger partial charge < -0.3 is 10.1 Å². The summed E-state index contributed by atoms with van der Waals surface area (Å²) in [6.07, 6.45) is 0. The normalized spacial score (nSPS) is 10.2. The molecule has 2 aromatic rings. The number of nitrogens with one attached hydrogen (secondary N) is 1. The van der Waals surface area contributed by atoms with E-state index in [-0.39, 0.29) is 5.91 Å². The molecule has 1 amide bonds. The van der Waals surface area contributed by atoms with Crippen molar-refractivity contribution < 1.29 is 9.53 Å². The molecule has 20 heavy (non-hydrogen) atoms. The number of anilines is 1. The average Bonchev–Trinajstić information content (AvgIpc) is 2.41. The van der Waals surface area contributed by atoms with Gasteiger partial charge in [-0.15, -0.1) is 0 Å². The lowest BCUT2D eigenvalue weighted by atomic mass is 10.1. The van der Waals surface area contributed by atoms with E-state index >= 15 is 0 Å². The van der Waals surface area contributed by atoms with Crippen LogP contribution in [0.2, 0.25) is 0 Å². The monoisotopic (exact) mass is 333 g/mol. The lowest BCUT2D eigenvalue weighted by molar-refractivity contribution is 0.102. The Morgan fingerprint density at radius 3 is 2.60 bits per heavy atom. The minimum absolute atomic E-state index is 0.146. The van der Waals surface area contributed by atoms with Crippen LogP contribution >= 0.6 is 15.9 Å². The van der Waals surface area contributed by atoms with Crippen molar-refractivity contribution in [3.05, 3.63) is 57.6 Å². The van der Waals surface area contributed by atoms with E-state index in [1.54, 1.807) is 7.11 Å². The number of amides is 1. The molecule has 0 aromatic heterocycles. The molecule has 2 aromatic carbocycles. The van der Waals surface area contributed by atoms with Crippen LogP contribution in [0.15, 0.2) is 40.9 Å². The standard InChI is InChI=1S/C16H16BrNO2/c1-10-4-7-15(20-3)14(8-10)18-16(19)13-9-12(17)6-5-11(13)2/h4-9H,1-3H3,(H,18,19). The third-order valence-corrected chi connectivity index (χ3v) is 3.54. The number of hydrogen-bond donors (Lipinski definition) is 1. The third-order valence-electron chi connectivity index (χ3n) is 3.05. The van der Waals surface area contributed by atoms with Crippen LogP contribution in [-0.2, 0) is 0 Å². The molecule has 0 heterocycles. The quantitative estimate of drug-likeness (QED) is 0.907. The minimum Gasteiger partial charge on any atom is -0.495 e. The Morgan fingerprint density at radius 2 is 1.90 bits per heavy atom. The van der Waals surface area contributed by atoms with Crippen molar-refractivity contribution in [2.45, 2.75) is 13.8 Å². The second kappa shape index (κ2) is 6.09. The summed E-state index contributed by atoms with van der Waals surface area (Å²) in [6, 6.07) is 11.3. The number of carbonyl (C=O) groups is 1. The minimum atomic E-state index is -0.146. The molecule has 0 bridgehead atoms. The van der Waals surface area contributed by atoms with E-state index in [9.17, 15) is 4.79 Å². The summed E-state index contributed by atoms with van der Waals surface area (Å²) >= 11 is 3.39. The molecule has 104 valence electrons. The van der Waals surface area contributed by atoms with Crippen molar-refractivity contribution in [3.63, 3.8) is 0 Å². The second-order valence-electron chi connectivity index (χ2n) is 4.62. The Morgan fingerprint density at radius 1 is 1.15 bits per heavy atom. The maximum absolute atomic E-state index is 12.4. The van der Waals surface area contributed by atoms with Crippen molar-refractivity contribution in [1.29, 1.82) is 0 Å². The Bertz CT molecular complexity index is 653. The zero-order valence-corrected chi connectivity index (χ0v) is 13.2. The van der Waals surface area contributed by atoms with Gasteiger partial charge in [-0.1, -0.05) is 28.1 Å². The van der Waals surface area contributed by atoms with E-state index in [2.05, 4.69) is 21.2 Å². The summed E-state index contributed by atoms with van der Waals surface area (Å²) < 4.78 is 6.15. The highest BCUT2D eigenvalue weighted by Crippen LogP contribution is 2.26. The van der Waals surface area contributed by atoms with Crippen molar-refractivity contribution in [2.24, 2.45) is 0 Å². The smallest absolute Gasteiger partial charge is 0.256 e. The number of aryl methyl sites for hydroxylation is 2. The molecular weight excluding hydrogens is 318 g/mol. The van der Waals surface area contributed by atoms with Gasteiger partial charge in [0.05, 0.1) is 12.8 Å². The lowest BCUT2D eigenvalue weighted by Gasteiger charge is -2.12. The van der Waals surface area contributed by atoms with Crippen molar-refractivity contribution in [3.8, 4) is 5.75 Å². The highest BCUT2D eigenvalue weighted by molar-refractivity contribution is 9.10. The fraction of sp³-hybridized carbons (Fsp3) is 0.188. The van der Waals surface area contributed by atoms with Crippen LogP contribution in [0.4, 0.5) is 5.69 Å². The number of ether oxygens (including phenoxy) is 1. The van der Waals surface area contributed by atoms with Crippen LogP contribution in [0.3, 0.4) is 0 Å². The van der Waals surface area contributed by atoms with Crippen LogP contribution in [0.1, 0.15) is 21.5 Å². The Labute approximate surface area is 127 Å². The number of methoxy groups -OCH3 is 1. The molecule has 0 atom stereocenters. The largest absolute Gasteiger partial charge is 0.495 e. The van der Waals surface area contributed by atoms with Gasteiger partial charge in [-0.2, -0.15) is 0 Å². The van der Waals surface area contributed by atoms with Gasteiger partial charge in [0.2, 0.25) is 0 Å². The second-order valence-corrected chi connectivity index (χ2v) is 5.53. The number of benzene rings is 2. The number of carbonyl (C=O) groups excluding carboxylic acids is 1. The molecule has 0 saturated heterocycles. The first-order chi connectivity index (χ1) is 9.51. The van der Waals surface area contributed by atoms with Gasteiger partial charge in [0.1, 0.15) is 5.75 Å². The molecule has 0 radical (unpaired) electrons. The van der Waals surface area contributed by atoms with Crippen molar-refractivity contribution in [2.75, 3.05) is 12.4 Å². The molecule has 0 unspecified atom stereocenters. The predicted octanol–water partition coefficient (Wildman–Crippen LogP) is 4.33. The summed E-state index contributed by atoms with van der Waals surface area (Å²) in [5, 5.41) is 2.90. The molecule has 0 saturated carbocycles. The fourth-order valence-electron chi connectivity index (χ4n) is 1.95. The van der Waals surface area contributed by atoms with Crippen molar-refractivity contribution in [1.82, 2.24) is 0 Å². The first kappa shape index (κ1) is 14.6. The van der Waals surface area contributed by atoms with E-state index < -0.39 is 0 Å². The fourth-order valence-corrected chi connectivity index (χ4v) is 2.31. The molecule has 2 rings (SSSR count). The van der Waals surface area contributed by atoms with E-state index in [0.717, 1.165) is 15.6 Å². The third kappa shape index (κ3) is 3.20. The topological polar surface area (TPSA) is 38.3 Å². The first-order valence-corrected chi connectivity index (χ1v) is 7.02. The molecule has 0 aliphatic heterocycles. The SMILES string of the molecule is COc1ccc(C)cc1NC(=O)c1cc(Br)ccc1C.